The van der Waals surface area contributed by atoms with Crippen LogP contribution in [0.1, 0.15) is 29.9 Å². The van der Waals surface area contributed by atoms with Crippen molar-refractivity contribution >= 4 is 18.3 Å². The van der Waals surface area contributed by atoms with E-state index in [0.717, 1.165) is 36.5 Å². The van der Waals surface area contributed by atoms with Crippen molar-refractivity contribution < 1.29 is 9.32 Å². The molecule has 0 spiro atoms. The van der Waals surface area contributed by atoms with Crippen LogP contribution >= 0.6 is 12.4 Å². The van der Waals surface area contributed by atoms with E-state index in [4.69, 9.17) is 4.52 Å². The third-order valence-corrected chi connectivity index (χ3v) is 3.75. The summed E-state index contributed by atoms with van der Waals surface area (Å²) in [5, 5.41) is 7.18. The predicted molar refractivity (Wildman–Crippen MR) is 75.6 cm³/mol. The molecule has 1 N–H and O–H groups in total. The summed E-state index contributed by atoms with van der Waals surface area (Å²) in [7, 11) is 1.90. The highest BCUT2D eigenvalue weighted by atomic mass is 35.5. The first-order valence-electron chi connectivity index (χ1n) is 6.47. The molecule has 2 heterocycles. The van der Waals surface area contributed by atoms with Crippen LogP contribution in [-0.4, -0.2) is 42.1 Å². The summed E-state index contributed by atoms with van der Waals surface area (Å²) in [5.41, 5.74) is 1.96. The van der Waals surface area contributed by atoms with Gasteiger partial charge in [-0.15, -0.1) is 12.4 Å². The molecule has 0 aromatic carbocycles. The van der Waals surface area contributed by atoms with Crippen molar-refractivity contribution in [1.82, 2.24) is 15.4 Å². The van der Waals surface area contributed by atoms with E-state index in [-0.39, 0.29) is 18.3 Å². The molecule has 2 rings (SSSR count). The van der Waals surface area contributed by atoms with Gasteiger partial charge in [0.05, 0.1) is 5.69 Å². The number of hydrogen-bond donors (Lipinski definition) is 1. The van der Waals surface area contributed by atoms with Crippen LogP contribution in [0.2, 0.25) is 0 Å². The predicted octanol–water partition coefficient (Wildman–Crippen LogP) is 1.47. The third-order valence-electron chi connectivity index (χ3n) is 3.75. The van der Waals surface area contributed by atoms with Crippen LogP contribution in [-0.2, 0) is 11.2 Å². The number of rotatable bonds is 4. The molecule has 1 aliphatic rings. The SMILES string of the molecule is Cc1noc(C)c1CCC(=O)N(C)C1CCNC1.Cl. The molecule has 1 aromatic rings. The van der Waals surface area contributed by atoms with Gasteiger partial charge in [-0.05, 0) is 33.2 Å². The summed E-state index contributed by atoms with van der Waals surface area (Å²) in [6, 6.07) is 0.349. The molecule has 1 amide bonds. The smallest absolute Gasteiger partial charge is 0.222 e. The molecule has 0 saturated carbocycles. The highest BCUT2D eigenvalue weighted by Crippen LogP contribution is 2.16. The average molecular weight is 288 g/mol. The summed E-state index contributed by atoms with van der Waals surface area (Å²) in [6.45, 7) is 5.73. The Hall–Kier alpha value is -1.07. The number of likely N-dealkylation sites (N-methyl/N-ethyl adjacent to an activating group) is 1. The van der Waals surface area contributed by atoms with Crippen LogP contribution in [0.15, 0.2) is 4.52 Å². The van der Waals surface area contributed by atoms with E-state index >= 15 is 0 Å². The maximum absolute atomic E-state index is 12.1. The Morgan fingerprint density at radius 2 is 2.26 bits per heavy atom. The lowest BCUT2D eigenvalue weighted by Crippen LogP contribution is -2.38. The number of carbonyl (C=O) groups is 1. The first-order valence-corrected chi connectivity index (χ1v) is 6.47. The van der Waals surface area contributed by atoms with Gasteiger partial charge in [-0.2, -0.15) is 0 Å². The minimum absolute atomic E-state index is 0. The van der Waals surface area contributed by atoms with Gasteiger partial charge in [-0.1, -0.05) is 5.16 Å². The molecule has 1 aliphatic heterocycles. The van der Waals surface area contributed by atoms with Crippen molar-refractivity contribution in [3.63, 3.8) is 0 Å². The van der Waals surface area contributed by atoms with E-state index in [1.54, 1.807) is 0 Å². The Bertz CT molecular complexity index is 408. The molecule has 1 aromatic heterocycles. The Balaban J connectivity index is 0.00000180. The standard InChI is InChI=1S/C13H21N3O2.ClH/c1-9-12(10(2)18-15-9)4-5-13(17)16(3)11-6-7-14-8-11;/h11,14H,4-8H2,1-3H3;1H. The van der Waals surface area contributed by atoms with Crippen LogP contribution in [0.25, 0.3) is 0 Å². The van der Waals surface area contributed by atoms with E-state index in [0.29, 0.717) is 18.9 Å². The van der Waals surface area contributed by atoms with E-state index < -0.39 is 0 Å². The highest BCUT2D eigenvalue weighted by Gasteiger charge is 2.23. The van der Waals surface area contributed by atoms with Crippen LogP contribution in [0.4, 0.5) is 0 Å². The van der Waals surface area contributed by atoms with E-state index in [9.17, 15) is 4.79 Å². The number of aromatic nitrogens is 1. The molecule has 6 heteroatoms. The van der Waals surface area contributed by atoms with E-state index in [1.165, 1.54) is 0 Å². The minimum Gasteiger partial charge on any atom is -0.361 e. The maximum atomic E-state index is 12.1. The molecule has 1 saturated heterocycles. The van der Waals surface area contributed by atoms with Gasteiger partial charge in [0.1, 0.15) is 5.76 Å². The normalized spacial score (nSPS) is 18.2. The third kappa shape index (κ3) is 3.70. The number of aryl methyl sites for hydroxylation is 2. The summed E-state index contributed by atoms with van der Waals surface area (Å²) in [5.74, 6) is 1.02. The Morgan fingerprint density at radius 1 is 1.53 bits per heavy atom. The van der Waals surface area contributed by atoms with Crippen LogP contribution in [0, 0.1) is 13.8 Å². The number of nitrogens with one attached hydrogen (secondary N) is 1. The van der Waals surface area contributed by atoms with Crippen molar-refractivity contribution in [2.75, 3.05) is 20.1 Å². The topological polar surface area (TPSA) is 58.4 Å². The molecule has 5 nitrogen and oxygen atoms in total. The molecule has 0 radical (unpaired) electrons. The zero-order chi connectivity index (χ0) is 13.1. The lowest BCUT2D eigenvalue weighted by atomic mass is 10.1. The van der Waals surface area contributed by atoms with Gasteiger partial charge in [0.25, 0.3) is 0 Å². The molecule has 1 unspecified atom stereocenters. The summed E-state index contributed by atoms with van der Waals surface area (Å²) >= 11 is 0. The number of carbonyl (C=O) groups excluding carboxylic acids is 1. The average Bonchev–Trinajstić information content (AvgIpc) is 2.97. The van der Waals surface area contributed by atoms with Crippen molar-refractivity contribution in [2.24, 2.45) is 0 Å². The fraction of sp³-hybridized carbons (Fsp3) is 0.692. The zero-order valence-electron chi connectivity index (χ0n) is 11.7. The lowest BCUT2D eigenvalue weighted by molar-refractivity contribution is -0.131. The Labute approximate surface area is 120 Å². The van der Waals surface area contributed by atoms with E-state index in [1.807, 2.05) is 25.8 Å². The van der Waals surface area contributed by atoms with Gasteiger partial charge >= 0.3 is 0 Å². The van der Waals surface area contributed by atoms with Crippen molar-refractivity contribution in [2.45, 2.75) is 39.2 Å². The molecule has 0 bridgehead atoms. The fourth-order valence-electron chi connectivity index (χ4n) is 2.44. The molecule has 1 fully saturated rings. The summed E-state index contributed by atoms with van der Waals surface area (Å²) < 4.78 is 5.10. The second-order valence-corrected chi connectivity index (χ2v) is 4.95. The monoisotopic (exact) mass is 287 g/mol. The second-order valence-electron chi connectivity index (χ2n) is 4.95. The van der Waals surface area contributed by atoms with Crippen LogP contribution < -0.4 is 5.32 Å². The number of hydrogen-bond acceptors (Lipinski definition) is 4. The van der Waals surface area contributed by atoms with Crippen molar-refractivity contribution in [1.29, 1.82) is 0 Å². The molecule has 0 aliphatic carbocycles. The number of nitrogens with zero attached hydrogens (tertiary/aromatic N) is 2. The van der Waals surface area contributed by atoms with Crippen LogP contribution in [0.3, 0.4) is 0 Å². The minimum atomic E-state index is 0. The Kier molecular flexibility index (Phi) is 5.82. The Morgan fingerprint density at radius 3 is 2.79 bits per heavy atom. The molecule has 108 valence electrons. The van der Waals surface area contributed by atoms with Crippen LogP contribution in [0.5, 0.6) is 0 Å². The molecular weight excluding hydrogens is 266 g/mol. The summed E-state index contributed by atoms with van der Waals surface area (Å²) in [4.78, 5) is 14.0. The van der Waals surface area contributed by atoms with Gasteiger partial charge in [-0.25, -0.2) is 0 Å². The molecule has 19 heavy (non-hydrogen) atoms. The van der Waals surface area contributed by atoms with Crippen molar-refractivity contribution in [3.05, 3.63) is 17.0 Å². The quantitative estimate of drug-likeness (QED) is 0.911. The van der Waals surface area contributed by atoms with Gasteiger partial charge in [0, 0.05) is 31.6 Å². The largest absolute Gasteiger partial charge is 0.361 e. The number of halogens is 1. The first kappa shape index (κ1) is 16.0. The number of amides is 1. The second kappa shape index (κ2) is 6.91. The van der Waals surface area contributed by atoms with Gasteiger partial charge in [0.2, 0.25) is 5.91 Å². The van der Waals surface area contributed by atoms with Crippen molar-refractivity contribution in [3.8, 4) is 0 Å². The van der Waals surface area contributed by atoms with Gasteiger partial charge < -0.3 is 14.7 Å². The molecule has 1 atom stereocenters. The van der Waals surface area contributed by atoms with Gasteiger partial charge in [0.15, 0.2) is 0 Å². The first-order chi connectivity index (χ1) is 8.59. The van der Waals surface area contributed by atoms with E-state index in [2.05, 4.69) is 10.5 Å². The highest BCUT2D eigenvalue weighted by molar-refractivity contribution is 5.85. The fourth-order valence-corrected chi connectivity index (χ4v) is 2.44. The van der Waals surface area contributed by atoms with Gasteiger partial charge in [-0.3, -0.25) is 4.79 Å². The molecular formula is C13H22ClN3O2. The lowest BCUT2D eigenvalue weighted by Gasteiger charge is -2.23. The summed E-state index contributed by atoms with van der Waals surface area (Å²) in [6.07, 6.45) is 2.29. The zero-order valence-corrected chi connectivity index (χ0v) is 12.5. The maximum Gasteiger partial charge on any atom is 0.222 e.